The Kier molecular flexibility index (Phi) is 6.63. The molecule has 0 bridgehead atoms. The Morgan fingerprint density at radius 1 is 1.09 bits per heavy atom. The molecule has 2 rings (SSSR count). The van der Waals surface area contributed by atoms with E-state index in [1.165, 1.54) is 0 Å². The minimum Gasteiger partial charge on any atom is -0.356 e. The number of carbonyl (C=O) groups excluding carboxylic acids is 2. The first-order valence-electron chi connectivity index (χ1n) is 8.68. The molecule has 2 amide bonds. The quantitative estimate of drug-likeness (QED) is 0.877. The smallest absolute Gasteiger partial charge is 0.225 e. The van der Waals surface area contributed by atoms with Crippen molar-refractivity contribution in [3.8, 4) is 0 Å². The molecule has 0 radical (unpaired) electrons. The lowest BCUT2D eigenvalue weighted by Gasteiger charge is -2.30. The van der Waals surface area contributed by atoms with Gasteiger partial charge in [0.05, 0.1) is 0 Å². The molecule has 0 aliphatic heterocycles. The third kappa shape index (κ3) is 5.08. The predicted octanol–water partition coefficient (Wildman–Crippen LogP) is 2.98. The Hall–Kier alpha value is -1.84. The van der Waals surface area contributed by atoms with Gasteiger partial charge in [-0.2, -0.15) is 0 Å². The summed E-state index contributed by atoms with van der Waals surface area (Å²) < 4.78 is 0. The first-order chi connectivity index (χ1) is 11.1. The van der Waals surface area contributed by atoms with Crippen LogP contribution in [0.1, 0.15) is 44.6 Å². The second-order valence-electron chi connectivity index (χ2n) is 6.52. The van der Waals surface area contributed by atoms with Gasteiger partial charge in [0.1, 0.15) is 0 Å². The maximum Gasteiger partial charge on any atom is 0.225 e. The van der Waals surface area contributed by atoms with Crippen molar-refractivity contribution in [1.82, 2.24) is 10.2 Å². The van der Waals surface area contributed by atoms with Gasteiger partial charge in [0.25, 0.3) is 0 Å². The lowest BCUT2D eigenvalue weighted by molar-refractivity contribution is -0.137. The van der Waals surface area contributed by atoms with Crippen LogP contribution in [0.25, 0.3) is 0 Å². The first kappa shape index (κ1) is 17.5. The highest BCUT2D eigenvalue weighted by atomic mass is 16.2. The number of benzene rings is 1. The summed E-state index contributed by atoms with van der Waals surface area (Å²) in [7, 11) is 1.87. The molecule has 0 heterocycles. The number of hydrogen-bond donors (Lipinski definition) is 1. The maximum absolute atomic E-state index is 12.6. The molecule has 4 nitrogen and oxygen atoms in total. The van der Waals surface area contributed by atoms with E-state index in [1.807, 2.05) is 42.3 Å². The summed E-state index contributed by atoms with van der Waals surface area (Å²) in [6, 6.07) is 10.1. The monoisotopic (exact) mass is 316 g/mol. The third-order valence-corrected chi connectivity index (χ3v) is 4.64. The number of rotatable bonds is 6. The Morgan fingerprint density at radius 3 is 2.30 bits per heavy atom. The minimum atomic E-state index is 0.0685. The van der Waals surface area contributed by atoms with Crippen molar-refractivity contribution in [3.05, 3.63) is 35.9 Å². The molecule has 126 valence electrons. The van der Waals surface area contributed by atoms with Gasteiger partial charge in [-0.15, -0.1) is 0 Å². The van der Waals surface area contributed by atoms with Gasteiger partial charge in [-0.05, 0) is 37.7 Å². The fourth-order valence-electron chi connectivity index (χ4n) is 3.24. The van der Waals surface area contributed by atoms with E-state index >= 15 is 0 Å². The Labute approximate surface area is 139 Å². The zero-order valence-corrected chi connectivity index (χ0v) is 14.3. The highest BCUT2D eigenvalue weighted by molar-refractivity contribution is 5.81. The molecule has 1 aliphatic carbocycles. The second kappa shape index (κ2) is 8.70. The van der Waals surface area contributed by atoms with Gasteiger partial charge < -0.3 is 10.2 Å². The molecule has 1 aromatic rings. The first-order valence-corrected chi connectivity index (χ1v) is 8.68. The van der Waals surface area contributed by atoms with Gasteiger partial charge >= 0.3 is 0 Å². The summed E-state index contributed by atoms with van der Waals surface area (Å²) in [5, 5.41) is 2.97. The molecule has 1 N–H and O–H groups in total. The van der Waals surface area contributed by atoms with E-state index in [-0.39, 0.29) is 23.7 Å². The lowest BCUT2D eigenvalue weighted by Crippen LogP contribution is -2.38. The molecule has 23 heavy (non-hydrogen) atoms. The maximum atomic E-state index is 12.6. The van der Waals surface area contributed by atoms with Gasteiger partial charge in [-0.25, -0.2) is 0 Å². The molecular formula is C19H28N2O2. The van der Waals surface area contributed by atoms with E-state index in [0.29, 0.717) is 6.54 Å². The number of nitrogens with one attached hydrogen (secondary N) is 1. The van der Waals surface area contributed by atoms with E-state index in [4.69, 9.17) is 0 Å². The van der Waals surface area contributed by atoms with E-state index in [2.05, 4.69) is 12.2 Å². The molecule has 0 spiro atoms. The molecule has 0 aromatic heterocycles. The van der Waals surface area contributed by atoms with Gasteiger partial charge in [0.15, 0.2) is 0 Å². The van der Waals surface area contributed by atoms with Crippen molar-refractivity contribution < 1.29 is 9.59 Å². The number of carbonyl (C=O) groups is 2. The van der Waals surface area contributed by atoms with Crippen LogP contribution < -0.4 is 5.32 Å². The van der Waals surface area contributed by atoms with Crippen LogP contribution in [0, 0.1) is 11.8 Å². The number of nitrogens with zero attached hydrogens (tertiary/aromatic N) is 1. The van der Waals surface area contributed by atoms with Gasteiger partial charge in [-0.3, -0.25) is 9.59 Å². The standard InChI is InChI=1S/C19H28N2O2/c1-3-13-20-18(22)16-9-11-17(12-10-16)19(23)21(2)14-15-7-5-4-6-8-15/h4-8,16-17H,3,9-14H2,1-2H3,(H,20,22). The van der Waals surface area contributed by atoms with Gasteiger partial charge in [-0.1, -0.05) is 37.3 Å². The van der Waals surface area contributed by atoms with Crippen LogP contribution in [0.2, 0.25) is 0 Å². The van der Waals surface area contributed by atoms with Crippen molar-refractivity contribution in [2.24, 2.45) is 11.8 Å². The lowest BCUT2D eigenvalue weighted by atomic mass is 9.81. The van der Waals surface area contributed by atoms with Crippen LogP contribution in [0.5, 0.6) is 0 Å². The molecule has 4 heteroatoms. The minimum absolute atomic E-state index is 0.0685. The van der Waals surface area contributed by atoms with Crippen molar-refractivity contribution >= 4 is 11.8 Å². The van der Waals surface area contributed by atoms with Crippen LogP contribution in [-0.2, 0) is 16.1 Å². The summed E-state index contributed by atoms with van der Waals surface area (Å²) in [6.45, 7) is 3.45. The molecule has 1 aliphatic rings. The molecule has 0 unspecified atom stereocenters. The van der Waals surface area contributed by atoms with E-state index < -0.39 is 0 Å². The van der Waals surface area contributed by atoms with E-state index in [1.54, 1.807) is 0 Å². The summed E-state index contributed by atoms with van der Waals surface area (Å²) >= 11 is 0. The summed E-state index contributed by atoms with van der Waals surface area (Å²) in [6.07, 6.45) is 4.25. The number of hydrogen-bond acceptors (Lipinski definition) is 2. The highest BCUT2D eigenvalue weighted by Gasteiger charge is 2.31. The van der Waals surface area contributed by atoms with Crippen LogP contribution in [0.3, 0.4) is 0 Å². The Balaban J connectivity index is 1.80. The fourth-order valence-corrected chi connectivity index (χ4v) is 3.24. The Morgan fingerprint density at radius 2 is 1.70 bits per heavy atom. The normalized spacial score (nSPS) is 20.8. The average molecular weight is 316 g/mol. The molecular weight excluding hydrogens is 288 g/mol. The summed E-state index contributed by atoms with van der Waals surface area (Å²) in [5.41, 5.74) is 1.15. The SMILES string of the molecule is CCCNC(=O)C1CCC(C(=O)N(C)Cc2ccccc2)CC1. The predicted molar refractivity (Wildman–Crippen MR) is 91.7 cm³/mol. The van der Waals surface area contributed by atoms with Crippen molar-refractivity contribution in [1.29, 1.82) is 0 Å². The van der Waals surface area contributed by atoms with Crippen LogP contribution in [-0.4, -0.2) is 30.3 Å². The van der Waals surface area contributed by atoms with E-state index in [0.717, 1.165) is 44.2 Å². The van der Waals surface area contributed by atoms with Crippen molar-refractivity contribution in [2.45, 2.75) is 45.6 Å². The van der Waals surface area contributed by atoms with Crippen molar-refractivity contribution in [3.63, 3.8) is 0 Å². The van der Waals surface area contributed by atoms with Crippen LogP contribution in [0.4, 0.5) is 0 Å². The Bertz CT molecular complexity index is 507. The zero-order chi connectivity index (χ0) is 16.7. The molecule has 1 fully saturated rings. The molecule has 0 atom stereocenters. The van der Waals surface area contributed by atoms with Crippen molar-refractivity contribution in [2.75, 3.05) is 13.6 Å². The zero-order valence-electron chi connectivity index (χ0n) is 14.3. The summed E-state index contributed by atoms with van der Waals surface area (Å²) in [5.74, 6) is 0.528. The molecule has 0 saturated heterocycles. The van der Waals surface area contributed by atoms with E-state index in [9.17, 15) is 9.59 Å². The summed E-state index contributed by atoms with van der Waals surface area (Å²) in [4.78, 5) is 26.4. The molecule has 1 saturated carbocycles. The second-order valence-corrected chi connectivity index (χ2v) is 6.52. The molecule has 1 aromatic carbocycles. The van der Waals surface area contributed by atoms with Gasteiger partial charge in [0.2, 0.25) is 11.8 Å². The van der Waals surface area contributed by atoms with Gasteiger partial charge in [0, 0.05) is 32.0 Å². The largest absolute Gasteiger partial charge is 0.356 e. The third-order valence-electron chi connectivity index (χ3n) is 4.64. The highest BCUT2D eigenvalue weighted by Crippen LogP contribution is 2.30. The fraction of sp³-hybridized carbons (Fsp3) is 0.579. The van der Waals surface area contributed by atoms with Crippen LogP contribution >= 0.6 is 0 Å². The average Bonchev–Trinajstić information content (AvgIpc) is 2.60. The van der Waals surface area contributed by atoms with Crippen LogP contribution in [0.15, 0.2) is 30.3 Å². The topological polar surface area (TPSA) is 49.4 Å². The number of amides is 2.